The lowest BCUT2D eigenvalue weighted by molar-refractivity contribution is -0.190. The van der Waals surface area contributed by atoms with Gasteiger partial charge in [0.1, 0.15) is 17.8 Å². The molecule has 5 heteroatoms. The zero-order chi connectivity index (χ0) is 27.6. The van der Waals surface area contributed by atoms with Gasteiger partial charge in [-0.15, -0.1) is 0 Å². The van der Waals surface area contributed by atoms with Crippen LogP contribution in [0.4, 0.5) is 0 Å². The molecule has 0 saturated heterocycles. The molecule has 0 heterocycles. The lowest BCUT2D eigenvalue weighted by Crippen LogP contribution is -2.57. The minimum atomic E-state index is -1.70. The summed E-state index contributed by atoms with van der Waals surface area (Å²) in [6.07, 6.45) is 21.1. The Labute approximate surface area is 230 Å². The molecule has 4 atom stereocenters. The monoisotopic (exact) mass is 530 g/mol. The fraction of sp³-hybridized carbons (Fsp3) is 1.00. The van der Waals surface area contributed by atoms with Crippen molar-refractivity contribution in [2.24, 2.45) is 0 Å². The smallest absolute Gasteiger partial charge is 0.119 e. The van der Waals surface area contributed by atoms with E-state index < -0.39 is 23.9 Å². The average molecular weight is 531 g/mol. The topological polar surface area (TPSA) is 90.2 Å². The van der Waals surface area contributed by atoms with Gasteiger partial charge in [-0.25, -0.2) is 0 Å². The van der Waals surface area contributed by atoms with Crippen LogP contribution < -0.4 is 0 Å². The zero-order valence-electron chi connectivity index (χ0n) is 25.1. The van der Waals surface area contributed by atoms with Gasteiger partial charge in [0.15, 0.2) is 0 Å². The van der Waals surface area contributed by atoms with E-state index in [1.165, 1.54) is 83.5 Å². The second-order valence-corrected chi connectivity index (χ2v) is 11.5. The highest BCUT2D eigenvalue weighted by molar-refractivity contribution is 4.96. The molecular weight excluding hydrogens is 464 g/mol. The Morgan fingerprint density at radius 3 is 1.43 bits per heavy atom. The minimum absolute atomic E-state index is 0.0134. The van der Waals surface area contributed by atoms with E-state index in [2.05, 4.69) is 20.8 Å². The molecule has 0 spiro atoms. The Morgan fingerprint density at radius 2 is 0.946 bits per heavy atom. The molecule has 0 bridgehead atoms. The fourth-order valence-corrected chi connectivity index (χ4v) is 5.21. The van der Waals surface area contributed by atoms with Crippen molar-refractivity contribution in [3.63, 3.8) is 0 Å². The van der Waals surface area contributed by atoms with Gasteiger partial charge in [0.05, 0.1) is 12.7 Å². The molecule has 37 heavy (non-hydrogen) atoms. The van der Waals surface area contributed by atoms with Crippen LogP contribution in [0.3, 0.4) is 0 Å². The van der Waals surface area contributed by atoms with E-state index in [0.717, 1.165) is 51.4 Å². The van der Waals surface area contributed by atoms with E-state index in [4.69, 9.17) is 4.74 Å². The molecule has 0 aromatic rings. The van der Waals surface area contributed by atoms with Crippen LogP contribution in [0, 0.1) is 0 Å². The van der Waals surface area contributed by atoms with Crippen LogP contribution in [-0.2, 0) is 4.74 Å². The van der Waals surface area contributed by atoms with Gasteiger partial charge in [0.2, 0.25) is 0 Å². The Morgan fingerprint density at radius 1 is 0.541 bits per heavy atom. The molecule has 0 saturated carbocycles. The molecule has 0 aliphatic heterocycles. The number of ether oxygens (including phenoxy) is 1. The predicted molar refractivity (Wildman–Crippen MR) is 157 cm³/mol. The molecule has 1 unspecified atom stereocenters. The van der Waals surface area contributed by atoms with E-state index in [1.807, 2.05) is 0 Å². The summed E-state index contributed by atoms with van der Waals surface area (Å²) in [4.78, 5) is 0. The average Bonchev–Trinajstić information content (AvgIpc) is 2.90. The van der Waals surface area contributed by atoms with Gasteiger partial charge in [0, 0.05) is 6.61 Å². The lowest BCUT2D eigenvalue weighted by Gasteiger charge is -2.39. The van der Waals surface area contributed by atoms with E-state index in [-0.39, 0.29) is 6.61 Å². The number of aliphatic hydroxyl groups excluding tert-OH is 3. The largest absolute Gasteiger partial charge is 0.390 e. The molecule has 0 aliphatic carbocycles. The summed E-state index contributed by atoms with van der Waals surface area (Å²) < 4.78 is 5.64. The van der Waals surface area contributed by atoms with Gasteiger partial charge in [-0.05, 0) is 19.3 Å². The Hall–Kier alpha value is -0.200. The molecule has 0 amide bonds. The molecular formula is C32H66O5. The first-order chi connectivity index (χ1) is 17.9. The van der Waals surface area contributed by atoms with E-state index >= 15 is 0 Å². The van der Waals surface area contributed by atoms with E-state index in [1.54, 1.807) is 0 Å². The van der Waals surface area contributed by atoms with Crippen molar-refractivity contribution in [2.45, 2.75) is 192 Å². The molecule has 224 valence electrons. The SMILES string of the molecule is CCCCCCCCCOC[C@@H](O)[C@H](O)[C@](O)(CCCCCCCCC)C(O)CCCCCCCCC. The van der Waals surface area contributed by atoms with Crippen molar-refractivity contribution in [3.8, 4) is 0 Å². The van der Waals surface area contributed by atoms with Crippen molar-refractivity contribution in [1.82, 2.24) is 0 Å². The maximum atomic E-state index is 11.5. The van der Waals surface area contributed by atoms with Gasteiger partial charge in [0.25, 0.3) is 0 Å². The first kappa shape index (κ1) is 36.8. The quantitative estimate of drug-likeness (QED) is 0.0739. The molecule has 0 rings (SSSR count). The highest BCUT2D eigenvalue weighted by Crippen LogP contribution is 2.29. The molecule has 4 N–H and O–H groups in total. The second kappa shape index (κ2) is 26.0. The van der Waals surface area contributed by atoms with Gasteiger partial charge < -0.3 is 25.2 Å². The summed E-state index contributed by atoms with van der Waals surface area (Å²) in [5, 5.41) is 44.0. The zero-order valence-corrected chi connectivity index (χ0v) is 25.1. The molecule has 0 radical (unpaired) electrons. The van der Waals surface area contributed by atoms with Gasteiger partial charge in [-0.1, -0.05) is 149 Å². The number of unbranched alkanes of at least 4 members (excludes halogenated alkanes) is 18. The van der Waals surface area contributed by atoms with Crippen LogP contribution in [0.15, 0.2) is 0 Å². The van der Waals surface area contributed by atoms with Crippen LogP contribution in [0.2, 0.25) is 0 Å². The van der Waals surface area contributed by atoms with E-state index in [0.29, 0.717) is 19.4 Å². The van der Waals surface area contributed by atoms with Crippen molar-refractivity contribution in [3.05, 3.63) is 0 Å². The van der Waals surface area contributed by atoms with Crippen molar-refractivity contribution in [1.29, 1.82) is 0 Å². The van der Waals surface area contributed by atoms with Crippen LogP contribution in [0.1, 0.15) is 168 Å². The van der Waals surface area contributed by atoms with Crippen molar-refractivity contribution >= 4 is 0 Å². The summed E-state index contributed by atoms with van der Waals surface area (Å²) >= 11 is 0. The normalized spacial score (nSPS) is 16.0. The van der Waals surface area contributed by atoms with Gasteiger partial charge in [-0.2, -0.15) is 0 Å². The van der Waals surface area contributed by atoms with Crippen LogP contribution >= 0.6 is 0 Å². The van der Waals surface area contributed by atoms with Crippen molar-refractivity contribution < 1.29 is 25.2 Å². The van der Waals surface area contributed by atoms with Crippen LogP contribution in [0.5, 0.6) is 0 Å². The molecule has 0 fully saturated rings. The third kappa shape index (κ3) is 19.5. The van der Waals surface area contributed by atoms with Crippen molar-refractivity contribution in [2.75, 3.05) is 13.2 Å². The summed E-state index contributed by atoms with van der Waals surface area (Å²) in [5.74, 6) is 0. The second-order valence-electron chi connectivity index (χ2n) is 11.5. The number of aliphatic hydroxyl groups is 4. The Kier molecular flexibility index (Phi) is 25.9. The minimum Gasteiger partial charge on any atom is -0.390 e. The molecule has 0 aromatic heterocycles. The first-order valence-corrected chi connectivity index (χ1v) is 16.3. The molecule has 5 nitrogen and oxygen atoms in total. The first-order valence-electron chi connectivity index (χ1n) is 16.3. The third-order valence-corrected chi connectivity index (χ3v) is 7.90. The summed E-state index contributed by atoms with van der Waals surface area (Å²) in [6, 6.07) is 0. The maximum Gasteiger partial charge on any atom is 0.119 e. The lowest BCUT2D eigenvalue weighted by atomic mass is 9.80. The predicted octanol–water partition coefficient (Wildman–Crippen LogP) is 7.85. The van der Waals surface area contributed by atoms with Gasteiger partial charge >= 0.3 is 0 Å². The van der Waals surface area contributed by atoms with E-state index in [9.17, 15) is 20.4 Å². The summed E-state index contributed by atoms with van der Waals surface area (Å²) in [5.41, 5.74) is -1.70. The van der Waals surface area contributed by atoms with Gasteiger partial charge in [-0.3, -0.25) is 0 Å². The maximum absolute atomic E-state index is 11.5. The summed E-state index contributed by atoms with van der Waals surface area (Å²) in [7, 11) is 0. The Bertz CT molecular complexity index is 460. The third-order valence-electron chi connectivity index (χ3n) is 7.90. The number of hydrogen-bond donors (Lipinski definition) is 4. The fourth-order valence-electron chi connectivity index (χ4n) is 5.21. The summed E-state index contributed by atoms with van der Waals surface area (Å²) in [6.45, 7) is 7.17. The van der Waals surface area contributed by atoms with Crippen LogP contribution in [0.25, 0.3) is 0 Å². The highest BCUT2D eigenvalue weighted by atomic mass is 16.5. The number of hydrogen-bond acceptors (Lipinski definition) is 5. The standard InChI is InChI=1S/C32H66O5/c1-4-7-10-13-16-19-22-25-30(34)32(36,26-23-20-17-14-11-8-5-2)31(35)29(33)28-37-27-24-21-18-15-12-9-6-3/h29-31,33-36H,4-28H2,1-3H3/t29-,30?,31+,32+/m1/s1. The highest BCUT2D eigenvalue weighted by Gasteiger charge is 2.45. The number of rotatable bonds is 29. The molecule has 0 aromatic carbocycles. The molecule has 0 aliphatic rings. The van der Waals surface area contributed by atoms with Crippen LogP contribution in [-0.4, -0.2) is 57.6 Å². The Balaban J connectivity index is 4.58.